The molecule has 0 aromatic heterocycles. The number of benzene rings is 1. The number of anilines is 1. The summed E-state index contributed by atoms with van der Waals surface area (Å²) in [6, 6.07) is 5.89. The van der Waals surface area contributed by atoms with Crippen molar-refractivity contribution in [3.63, 3.8) is 0 Å². The van der Waals surface area contributed by atoms with Crippen LogP contribution in [-0.4, -0.2) is 32.1 Å². The quantitative estimate of drug-likeness (QED) is 0.804. The molecule has 0 radical (unpaired) electrons. The maximum atomic E-state index is 11.3. The number of rotatable bonds is 3. The fourth-order valence-corrected chi connectivity index (χ4v) is 2.79. The standard InChI is InChI=1S/C13H16BrNO2/c1-9(16)12-4-3-10(7-13(12)14)15-6-5-11(8-15)17-2/h3-4,7,11H,5-6,8H2,1-2H3. The van der Waals surface area contributed by atoms with Crippen molar-refractivity contribution in [2.45, 2.75) is 19.4 Å². The Balaban J connectivity index is 2.18. The summed E-state index contributed by atoms with van der Waals surface area (Å²) in [6.45, 7) is 3.50. The number of carbonyl (C=O) groups is 1. The minimum atomic E-state index is 0.0830. The number of Topliss-reactive ketones (excluding diaryl/α,β-unsaturated/α-hetero) is 1. The van der Waals surface area contributed by atoms with E-state index in [1.807, 2.05) is 18.2 Å². The van der Waals surface area contributed by atoms with Gasteiger partial charge in [-0.1, -0.05) is 0 Å². The Morgan fingerprint density at radius 2 is 2.29 bits per heavy atom. The Morgan fingerprint density at radius 1 is 1.53 bits per heavy atom. The molecule has 0 bridgehead atoms. The SMILES string of the molecule is COC1CCN(c2ccc(C(C)=O)c(Br)c2)C1. The van der Waals surface area contributed by atoms with Gasteiger partial charge in [-0.05, 0) is 47.5 Å². The lowest BCUT2D eigenvalue weighted by Gasteiger charge is -2.19. The molecule has 1 aliphatic rings. The van der Waals surface area contributed by atoms with Crippen molar-refractivity contribution in [1.82, 2.24) is 0 Å². The van der Waals surface area contributed by atoms with E-state index in [2.05, 4.69) is 20.8 Å². The molecule has 1 aromatic carbocycles. The molecule has 2 rings (SSSR count). The number of halogens is 1. The summed E-state index contributed by atoms with van der Waals surface area (Å²) in [6.07, 6.45) is 1.38. The van der Waals surface area contributed by atoms with Crippen molar-refractivity contribution in [1.29, 1.82) is 0 Å². The number of hydrogen-bond acceptors (Lipinski definition) is 3. The molecule has 0 amide bonds. The predicted octanol–water partition coefficient (Wildman–Crippen LogP) is 2.88. The van der Waals surface area contributed by atoms with Crippen molar-refractivity contribution in [2.75, 3.05) is 25.1 Å². The molecule has 1 aromatic rings. The van der Waals surface area contributed by atoms with Crippen molar-refractivity contribution in [2.24, 2.45) is 0 Å². The first-order chi connectivity index (χ1) is 8.11. The maximum absolute atomic E-state index is 11.3. The monoisotopic (exact) mass is 297 g/mol. The minimum absolute atomic E-state index is 0.0830. The second-order valence-corrected chi connectivity index (χ2v) is 5.17. The fraction of sp³-hybridized carbons (Fsp3) is 0.462. The van der Waals surface area contributed by atoms with E-state index >= 15 is 0 Å². The lowest BCUT2D eigenvalue weighted by atomic mass is 10.1. The maximum Gasteiger partial charge on any atom is 0.160 e. The van der Waals surface area contributed by atoms with E-state index in [1.54, 1.807) is 14.0 Å². The summed E-state index contributed by atoms with van der Waals surface area (Å²) in [7, 11) is 1.75. The van der Waals surface area contributed by atoms with Crippen LogP contribution in [0.15, 0.2) is 22.7 Å². The summed E-state index contributed by atoms with van der Waals surface area (Å²) in [5.41, 5.74) is 1.87. The molecule has 92 valence electrons. The number of nitrogens with zero attached hydrogens (tertiary/aromatic N) is 1. The van der Waals surface area contributed by atoms with Gasteiger partial charge >= 0.3 is 0 Å². The van der Waals surface area contributed by atoms with E-state index in [4.69, 9.17) is 4.74 Å². The van der Waals surface area contributed by atoms with Crippen LogP contribution in [0, 0.1) is 0 Å². The molecular formula is C13H16BrNO2. The zero-order valence-electron chi connectivity index (χ0n) is 10.1. The number of methoxy groups -OCH3 is 1. The first kappa shape index (κ1) is 12.6. The van der Waals surface area contributed by atoms with Crippen LogP contribution in [0.3, 0.4) is 0 Å². The Hall–Kier alpha value is -0.870. The van der Waals surface area contributed by atoms with Crippen LogP contribution in [0.4, 0.5) is 5.69 Å². The van der Waals surface area contributed by atoms with Gasteiger partial charge in [0.25, 0.3) is 0 Å². The highest BCUT2D eigenvalue weighted by atomic mass is 79.9. The molecule has 0 N–H and O–H groups in total. The fourth-order valence-electron chi connectivity index (χ4n) is 2.14. The molecule has 4 heteroatoms. The third kappa shape index (κ3) is 2.69. The van der Waals surface area contributed by atoms with E-state index in [0.29, 0.717) is 6.10 Å². The molecule has 0 spiro atoms. The third-order valence-electron chi connectivity index (χ3n) is 3.18. The molecule has 17 heavy (non-hydrogen) atoms. The zero-order valence-corrected chi connectivity index (χ0v) is 11.7. The van der Waals surface area contributed by atoms with Gasteiger partial charge in [0.1, 0.15) is 0 Å². The summed E-state index contributed by atoms with van der Waals surface area (Å²) >= 11 is 3.45. The molecular weight excluding hydrogens is 282 g/mol. The summed E-state index contributed by atoms with van der Waals surface area (Å²) < 4.78 is 6.21. The van der Waals surface area contributed by atoms with Gasteiger partial charge in [0, 0.05) is 35.9 Å². The van der Waals surface area contributed by atoms with Gasteiger partial charge in [-0.2, -0.15) is 0 Å². The van der Waals surface area contributed by atoms with Gasteiger partial charge in [-0.15, -0.1) is 0 Å². The highest BCUT2D eigenvalue weighted by Crippen LogP contribution is 2.27. The topological polar surface area (TPSA) is 29.5 Å². The number of hydrogen-bond donors (Lipinski definition) is 0. The average molecular weight is 298 g/mol. The van der Waals surface area contributed by atoms with E-state index in [0.717, 1.165) is 35.2 Å². The van der Waals surface area contributed by atoms with Gasteiger partial charge in [-0.3, -0.25) is 4.79 Å². The van der Waals surface area contributed by atoms with Crippen LogP contribution in [0.25, 0.3) is 0 Å². The highest BCUT2D eigenvalue weighted by Gasteiger charge is 2.22. The molecule has 1 saturated heterocycles. The summed E-state index contributed by atoms with van der Waals surface area (Å²) in [5.74, 6) is 0.0830. The average Bonchev–Trinajstić information content (AvgIpc) is 2.76. The van der Waals surface area contributed by atoms with Crippen molar-refractivity contribution < 1.29 is 9.53 Å². The van der Waals surface area contributed by atoms with Crippen LogP contribution in [0.1, 0.15) is 23.7 Å². The summed E-state index contributed by atoms with van der Waals surface area (Å²) in [4.78, 5) is 13.6. The van der Waals surface area contributed by atoms with Crippen LogP contribution in [0.5, 0.6) is 0 Å². The molecule has 1 unspecified atom stereocenters. The van der Waals surface area contributed by atoms with Crippen LogP contribution in [0.2, 0.25) is 0 Å². The van der Waals surface area contributed by atoms with Gasteiger partial charge in [0.05, 0.1) is 6.10 Å². The second-order valence-electron chi connectivity index (χ2n) is 4.31. The van der Waals surface area contributed by atoms with Crippen molar-refractivity contribution >= 4 is 27.4 Å². The molecule has 1 fully saturated rings. The normalized spacial score (nSPS) is 19.7. The Labute approximate surface area is 110 Å². The lowest BCUT2D eigenvalue weighted by Crippen LogP contribution is -2.22. The Morgan fingerprint density at radius 3 is 2.82 bits per heavy atom. The first-order valence-electron chi connectivity index (χ1n) is 5.70. The molecule has 1 aliphatic heterocycles. The summed E-state index contributed by atoms with van der Waals surface area (Å²) in [5, 5.41) is 0. The highest BCUT2D eigenvalue weighted by molar-refractivity contribution is 9.10. The lowest BCUT2D eigenvalue weighted by molar-refractivity contribution is 0.101. The van der Waals surface area contributed by atoms with Crippen LogP contribution in [-0.2, 0) is 4.74 Å². The second kappa shape index (κ2) is 5.19. The van der Waals surface area contributed by atoms with E-state index < -0.39 is 0 Å². The first-order valence-corrected chi connectivity index (χ1v) is 6.49. The Bertz CT molecular complexity index is 433. The number of ketones is 1. The van der Waals surface area contributed by atoms with Gasteiger partial charge in [-0.25, -0.2) is 0 Å². The Kier molecular flexibility index (Phi) is 3.84. The predicted molar refractivity (Wildman–Crippen MR) is 71.8 cm³/mol. The van der Waals surface area contributed by atoms with Crippen molar-refractivity contribution in [3.05, 3.63) is 28.2 Å². The number of carbonyl (C=O) groups excluding carboxylic acids is 1. The van der Waals surface area contributed by atoms with Crippen molar-refractivity contribution in [3.8, 4) is 0 Å². The molecule has 3 nitrogen and oxygen atoms in total. The van der Waals surface area contributed by atoms with Crippen LogP contribution < -0.4 is 4.90 Å². The smallest absolute Gasteiger partial charge is 0.160 e. The van der Waals surface area contributed by atoms with E-state index in [-0.39, 0.29) is 5.78 Å². The molecule has 0 aliphatic carbocycles. The molecule has 0 saturated carbocycles. The molecule has 1 heterocycles. The largest absolute Gasteiger partial charge is 0.380 e. The van der Waals surface area contributed by atoms with E-state index in [1.165, 1.54) is 0 Å². The van der Waals surface area contributed by atoms with Gasteiger partial charge in [0.15, 0.2) is 5.78 Å². The zero-order chi connectivity index (χ0) is 12.4. The van der Waals surface area contributed by atoms with E-state index in [9.17, 15) is 4.79 Å². The van der Waals surface area contributed by atoms with Crippen LogP contribution >= 0.6 is 15.9 Å². The van der Waals surface area contributed by atoms with Gasteiger partial charge in [0.2, 0.25) is 0 Å². The third-order valence-corrected chi connectivity index (χ3v) is 3.83. The van der Waals surface area contributed by atoms with Gasteiger partial charge < -0.3 is 9.64 Å². The minimum Gasteiger partial charge on any atom is -0.380 e. The molecule has 1 atom stereocenters. The number of ether oxygens (including phenoxy) is 1.